The summed E-state index contributed by atoms with van der Waals surface area (Å²) in [6, 6.07) is 0. The van der Waals surface area contributed by atoms with E-state index < -0.39 is 0 Å². The van der Waals surface area contributed by atoms with Crippen molar-refractivity contribution < 1.29 is 0 Å². The van der Waals surface area contributed by atoms with E-state index in [1.807, 2.05) is 0 Å². The summed E-state index contributed by atoms with van der Waals surface area (Å²) in [6.07, 6.45) is 9.74. The van der Waals surface area contributed by atoms with Gasteiger partial charge in [0, 0.05) is 0 Å². The zero-order valence-corrected chi connectivity index (χ0v) is 9.58. The summed E-state index contributed by atoms with van der Waals surface area (Å²) in [7, 11) is 0. The Balaban J connectivity index is 3.06. The van der Waals surface area contributed by atoms with Gasteiger partial charge in [0.05, 0.1) is 0 Å². The number of hydrogen-bond acceptors (Lipinski definition) is 1. The third-order valence-corrected chi connectivity index (χ3v) is 3.07. The van der Waals surface area contributed by atoms with Crippen molar-refractivity contribution in [3.63, 3.8) is 0 Å². The minimum Gasteiger partial charge on any atom is -0.179 e. The number of hydrogen-bond donors (Lipinski definition) is 1. The third kappa shape index (κ3) is 7.02. The Morgan fingerprint density at radius 3 is 2.17 bits per heavy atom. The summed E-state index contributed by atoms with van der Waals surface area (Å²) in [5, 5.41) is 0. The molecule has 0 amide bonds. The molecule has 0 N–H and O–H groups in total. The Hall–Kier alpha value is 0.350. The number of unbranched alkanes of at least 4 members (excludes halogenated alkanes) is 4. The lowest BCUT2D eigenvalue weighted by atomic mass is 10.00. The lowest BCUT2D eigenvalue weighted by Gasteiger charge is -2.10. The van der Waals surface area contributed by atoms with E-state index in [1.54, 1.807) is 0 Å². The molecule has 0 aromatic heterocycles. The van der Waals surface area contributed by atoms with Gasteiger partial charge in [0.2, 0.25) is 0 Å². The lowest BCUT2D eigenvalue weighted by Crippen LogP contribution is -1.99. The van der Waals surface area contributed by atoms with Gasteiger partial charge in [-0.3, -0.25) is 0 Å². The first-order chi connectivity index (χ1) is 5.85. The SMILES string of the molecule is CCCCCCCC(CC)CS. The van der Waals surface area contributed by atoms with Crippen molar-refractivity contribution in [1.29, 1.82) is 0 Å². The van der Waals surface area contributed by atoms with E-state index in [-0.39, 0.29) is 0 Å². The van der Waals surface area contributed by atoms with Crippen molar-refractivity contribution in [3.8, 4) is 0 Å². The molecule has 0 heterocycles. The van der Waals surface area contributed by atoms with Crippen LogP contribution in [0.1, 0.15) is 58.8 Å². The molecule has 1 unspecified atom stereocenters. The molecule has 0 bridgehead atoms. The predicted octanol–water partition coefficient (Wildman–Crippen LogP) is 4.30. The molecule has 0 radical (unpaired) electrons. The van der Waals surface area contributed by atoms with Gasteiger partial charge < -0.3 is 0 Å². The van der Waals surface area contributed by atoms with Gasteiger partial charge in [0.25, 0.3) is 0 Å². The first-order valence-electron chi connectivity index (χ1n) is 5.46. The molecule has 0 spiro atoms. The van der Waals surface area contributed by atoms with Crippen LogP contribution in [0.25, 0.3) is 0 Å². The van der Waals surface area contributed by atoms with Crippen molar-refractivity contribution in [1.82, 2.24) is 0 Å². The normalized spacial score (nSPS) is 13.2. The quantitative estimate of drug-likeness (QED) is 0.426. The lowest BCUT2D eigenvalue weighted by molar-refractivity contribution is 0.481. The van der Waals surface area contributed by atoms with E-state index in [9.17, 15) is 0 Å². The highest BCUT2D eigenvalue weighted by Gasteiger charge is 2.02. The third-order valence-electron chi connectivity index (χ3n) is 2.55. The van der Waals surface area contributed by atoms with Gasteiger partial charge in [-0.2, -0.15) is 12.6 Å². The molecule has 0 rings (SSSR count). The van der Waals surface area contributed by atoms with Gasteiger partial charge in [0.15, 0.2) is 0 Å². The Labute approximate surface area is 83.5 Å². The van der Waals surface area contributed by atoms with Gasteiger partial charge in [0.1, 0.15) is 0 Å². The van der Waals surface area contributed by atoms with E-state index in [2.05, 4.69) is 26.5 Å². The molecular formula is C11H24S. The van der Waals surface area contributed by atoms with Crippen LogP contribution in [0.5, 0.6) is 0 Å². The summed E-state index contributed by atoms with van der Waals surface area (Å²) in [5.74, 6) is 1.94. The Morgan fingerprint density at radius 1 is 1.00 bits per heavy atom. The van der Waals surface area contributed by atoms with Gasteiger partial charge in [-0.15, -0.1) is 0 Å². The second kappa shape index (κ2) is 9.44. The first kappa shape index (κ1) is 12.3. The first-order valence-corrected chi connectivity index (χ1v) is 6.09. The minimum atomic E-state index is 0.870. The van der Waals surface area contributed by atoms with Crippen LogP contribution in [0, 0.1) is 5.92 Å². The molecule has 12 heavy (non-hydrogen) atoms. The molecule has 0 aromatic carbocycles. The molecule has 1 atom stereocenters. The van der Waals surface area contributed by atoms with Crippen molar-refractivity contribution in [2.75, 3.05) is 5.75 Å². The molecule has 0 aromatic rings. The Morgan fingerprint density at radius 2 is 1.67 bits per heavy atom. The zero-order chi connectivity index (χ0) is 9.23. The Bertz CT molecular complexity index is 77.1. The molecule has 74 valence electrons. The van der Waals surface area contributed by atoms with Crippen molar-refractivity contribution >= 4 is 12.6 Å². The van der Waals surface area contributed by atoms with Crippen LogP contribution < -0.4 is 0 Å². The maximum Gasteiger partial charge on any atom is -0.00696 e. The predicted molar refractivity (Wildman–Crippen MR) is 61.0 cm³/mol. The maximum atomic E-state index is 4.34. The average Bonchev–Trinajstić information content (AvgIpc) is 2.11. The van der Waals surface area contributed by atoms with E-state index in [0.717, 1.165) is 11.7 Å². The van der Waals surface area contributed by atoms with Gasteiger partial charge in [-0.05, 0) is 18.1 Å². The summed E-state index contributed by atoms with van der Waals surface area (Å²) in [6.45, 7) is 4.54. The average molecular weight is 188 g/mol. The minimum absolute atomic E-state index is 0.870. The summed E-state index contributed by atoms with van der Waals surface area (Å²) >= 11 is 4.34. The molecule has 0 fully saturated rings. The van der Waals surface area contributed by atoms with Crippen LogP contribution in [0.15, 0.2) is 0 Å². The largest absolute Gasteiger partial charge is 0.179 e. The fourth-order valence-electron chi connectivity index (χ4n) is 1.46. The second-order valence-electron chi connectivity index (χ2n) is 3.66. The smallest absolute Gasteiger partial charge is 0.00696 e. The highest BCUT2D eigenvalue weighted by molar-refractivity contribution is 7.80. The van der Waals surface area contributed by atoms with Crippen LogP contribution in [-0.4, -0.2) is 5.75 Å². The molecule has 0 aliphatic carbocycles. The van der Waals surface area contributed by atoms with E-state index in [1.165, 1.54) is 44.9 Å². The fraction of sp³-hybridized carbons (Fsp3) is 1.00. The van der Waals surface area contributed by atoms with Crippen LogP contribution in [0.3, 0.4) is 0 Å². The van der Waals surface area contributed by atoms with Gasteiger partial charge >= 0.3 is 0 Å². The summed E-state index contributed by atoms with van der Waals surface area (Å²) < 4.78 is 0. The van der Waals surface area contributed by atoms with E-state index in [4.69, 9.17) is 0 Å². The number of thiol groups is 1. The maximum absolute atomic E-state index is 4.34. The highest BCUT2D eigenvalue weighted by Crippen LogP contribution is 2.15. The fourth-order valence-corrected chi connectivity index (χ4v) is 1.90. The van der Waals surface area contributed by atoms with Crippen molar-refractivity contribution in [3.05, 3.63) is 0 Å². The second-order valence-corrected chi connectivity index (χ2v) is 4.02. The molecular weight excluding hydrogens is 164 g/mol. The number of rotatable bonds is 8. The summed E-state index contributed by atoms with van der Waals surface area (Å²) in [5.41, 5.74) is 0. The van der Waals surface area contributed by atoms with E-state index in [0.29, 0.717) is 0 Å². The zero-order valence-electron chi connectivity index (χ0n) is 8.68. The van der Waals surface area contributed by atoms with Crippen LogP contribution in [-0.2, 0) is 0 Å². The topological polar surface area (TPSA) is 0 Å². The molecule has 1 heteroatoms. The molecule has 0 saturated carbocycles. The van der Waals surface area contributed by atoms with Crippen LogP contribution in [0.2, 0.25) is 0 Å². The van der Waals surface area contributed by atoms with Crippen molar-refractivity contribution in [2.45, 2.75) is 58.8 Å². The highest BCUT2D eigenvalue weighted by atomic mass is 32.1. The van der Waals surface area contributed by atoms with Crippen molar-refractivity contribution in [2.24, 2.45) is 5.92 Å². The Kier molecular flexibility index (Phi) is 9.71. The molecule has 0 aliphatic rings. The molecule has 0 saturated heterocycles. The monoisotopic (exact) mass is 188 g/mol. The van der Waals surface area contributed by atoms with E-state index >= 15 is 0 Å². The molecule has 0 nitrogen and oxygen atoms in total. The van der Waals surface area contributed by atoms with Crippen LogP contribution in [0.4, 0.5) is 0 Å². The van der Waals surface area contributed by atoms with Gasteiger partial charge in [-0.1, -0.05) is 52.4 Å². The van der Waals surface area contributed by atoms with Crippen LogP contribution >= 0.6 is 12.6 Å². The summed E-state index contributed by atoms with van der Waals surface area (Å²) in [4.78, 5) is 0. The van der Waals surface area contributed by atoms with Gasteiger partial charge in [-0.25, -0.2) is 0 Å². The standard InChI is InChI=1S/C11H24S/c1-3-5-6-7-8-9-11(4-2)10-12/h11-12H,3-10H2,1-2H3. The molecule has 0 aliphatic heterocycles.